The van der Waals surface area contributed by atoms with E-state index in [0.717, 1.165) is 22.5 Å². The minimum atomic E-state index is -0.595. The maximum atomic E-state index is 13.1. The van der Waals surface area contributed by atoms with Crippen LogP contribution in [0.4, 0.5) is 11.4 Å². The molecular weight excluding hydrogens is 364 g/mol. The number of aliphatic hydroxyl groups is 1. The Morgan fingerprint density at radius 2 is 1.69 bits per heavy atom. The fraction of sp³-hybridized carbons (Fsp3) is 0.208. The van der Waals surface area contributed by atoms with E-state index in [2.05, 4.69) is 10.6 Å². The lowest BCUT2D eigenvalue weighted by Gasteiger charge is -2.21. The molecule has 1 atom stereocenters. The number of aryl methyl sites for hydroxylation is 1. The van der Waals surface area contributed by atoms with E-state index in [1.54, 1.807) is 12.1 Å². The highest BCUT2D eigenvalue weighted by Crippen LogP contribution is 2.27. The predicted molar refractivity (Wildman–Crippen MR) is 116 cm³/mol. The number of nitrogens with one attached hydrogen (secondary N) is 2. The number of carbonyl (C=O) groups is 1. The van der Waals surface area contributed by atoms with E-state index in [0.29, 0.717) is 17.9 Å². The summed E-state index contributed by atoms with van der Waals surface area (Å²) in [4.78, 5) is 13.1. The summed E-state index contributed by atoms with van der Waals surface area (Å²) in [6, 6.07) is 22.1. The zero-order valence-corrected chi connectivity index (χ0v) is 16.7. The van der Waals surface area contributed by atoms with Crippen LogP contribution in [0.2, 0.25) is 0 Å². The second-order valence-corrected chi connectivity index (χ2v) is 6.76. The second kappa shape index (κ2) is 9.75. The van der Waals surface area contributed by atoms with Crippen LogP contribution in [0.1, 0.15) is 29.7 Å². The van der Waals surface area contributed by atoms with Gasteiger partial charge >= 0.3 is 0 Å². The van der Waals surface area contributed by atoms with Crippen LogP contribution in [-0.4, -0.2) is 17.6 Å². The highest BCUT2D eigenvalue weighted by atomic mass is 16.5. The number of rotatable bonds is 8. The van der Waals surface area contributed by atoms with E-state index in [4.69, 9.17) is 4.74 Å². The maximum absolute atomic E-state index is 13.1. The highest BCUT2D eigenvalue weighted by Gasteiger charge is 2.21. The molecule has 0 spiro atoms. The molecule has 150 valence electrons. The molecule has 29 heavy (non-hydrogen) atoms. The minimum absolute atomic E-state index is 0.142. The minimum Gasteiger partial charge on any atom is -0.494 e. The van der Waals surface area contributed by atoms with Crippen molar-refractivity contribution in [2.45, 2.75) is 26.5 Å². The van der Waals surface area contributed by atoms with E-state index in [1.165, 1.54) is 0 Å². The van der Waals surface area contributed by atoms with Gasteiger partial charge in [-0.25, -0.2) is 0 Å². The van der Waals surface area contributed by atoms with Gasteiger partial charge < -0.3 is 20.5 Å². The number of benzene rings is 3. The number of carbonyl (C=O) groups excluding carboxylic acids is 1. The third kappa shape index (κ3) is 5.36. The first-order valence-corrected chi connectivity index (χ1v) is 9.66. The van der Waals surface area contributed by atoms with Gasteiger partial charge in [0.05, 0.1) is 13.2 Å². The molecule has 0 aliphatic heterocycles. The summed E-state index contributed by atoms with van der Waals surface area (Å²) in [6.45, 7) is 4.28. The number of anilines is 2. The average Bonchev–Trinajstić information content (AvgIpc) is 2.75. The fourth-order valence-electron chi connectivity index (χ4n) is 3.05. The van der Waals surface area contributed by atoms with Crippen LogP contribution < -0.4 is 15.4 Å². The summed E-state index contributed by atoms with van der Waals surface area (Å²) >= 11 is 0. The van der Waals surface area contributed by atoms with Gasteiger partial charge in [-0.3, -0.25) is 4.79 Å². The molecule has 3 N–H and O–H groups in total. The van der Waals surface area contributed by atoms with Gasteiger partial charge in [-0.2, -0.15) is 0 Å². The number of aliphatic hydroxyl groups excluding tert-OH is 1. The van der Waals surface area contributed by atoms with Gasteiger partial charge in [-0.05, 0) is 49.7 Å². The number of amides is 1. The molecule has 0 heterocycles. The van der Waals surface area contributed by atoms with E-state index in [9.17, 15) is 9.90 Å². The normalized spacial score (nSPS) is 11.6. The van der Waals surface area contributed by atoms with Crippen LogP contribution in [0.25, 0.3) is 0 Å². The largest absolute Gasteiger partial charge is 0.494 e. The van der Waals surface area contributed by atoms with Crippen molar-refractivity contribution in [3.05, 3.63) is 89.5 Å². The van der Waals surface area contributed by atoms with Crippen molar-refractivity contribution in [3.63, 3.8) is 0 Å². The Labute approximate surface area is 171 Å². The summed E-state index contributed by atoms with van der Waals surface area (Å²) in [7, 11) is 0. The SMILES string of the molecule is CCOc1ccc(N[C@H](C(=O)Nc2ccc(C)cc2)c2ccccc2)cc1CO. The van der Waals surface area contributed by atoms with Crippen LogP contribution in [0, 0.1) is 6.92 Å². The lowest BCUT2D eigenvalue weighted by molar-refractivity contribution is -0.117. The van der Waals surface area contributed by atoms with Crippen molar-refractivity contribution in [1.29, 1.82) is 0 Å². The Morgan fingerprint density at radius 1 is 1.00 bits per heavy atom. The second-order valence-electron chi connectivity index (χ2n) is 6.76. The van der Waals surface area contributed by atoms with Crippen LogP contribution in [0.15, 0.2) is 72.8 Å². The molecule has 0 fully saturated rings. The molecule has 0 unspecified atom stereocenters. The molecule has 3 rings (SSSR count). The third-order valence-electron chi connectivity index (χ3n) is 4.56. The smallest absolute Gasteiger partial charge is 0.251 e. The number of hydrogen-bond donors (Lipinski definition) is 3. The molecule has 0 bridgehead atoms. The van der Waals surface area contributed by atoms with Crippen LogP contribution in [0.5, 0.6) is 5.75 Å². The fourth-order valence-corrected chi connectivity index (χ4v) is 3.05. The van der Waals surface area contributed by atoms with Crippen molar-refractivity contribution >= 4 is 17.3 Å². The summed E-state index contributed by atoms with van der Waals surface area (Å²) in [5, 5.41) is 15.9. The molecule has 5 nitrogen and oxygen atoms in total. The van der Waals surface area contributed by atoms with Crippen molar-refractivity contribution < 1.29 is 14.6 Å². The lowest BCUT2D eigenvalue weighted by atomic mass is 10.0. The van der Waals surface area contributed by atoms with Gasteiger partial charge in [0.2, 0.25) is 0 Å². The quantitative estimate of drug-likeness (QED) is 0.522. The van der Waals surface area contributed by atoms with E-state index >= 15 is 0 Å². The van der Waals surface area contributed by atoms with Crippen LogP contribution >= 0.6 is 0 Å². The summed E-state index contributed by atoms with van der Waals surface area (Å²) < 4.78 is 5.54. The first kappa shape index (κ1) is 20.4. The Balaban J connectivity index is 1.86. The Bertz CT molecular complexity index is 940. The zero-order chi connectivity index (χ0) is 20.6. The van der Waals surface area contributed by atoms with Gasteiger partial charge in [0.25, 0.3) is 5.91 Å². The van der Waals surface area contributed by atoms with E-state index < -0.39 is 6.04 Å². The third-order valence-corrected chi connectivity index (χ3v) is 4.56. The van der Waals surface area contributed by atoms with Crippen molar-refractivity contribution in [3.8, 4) is 5.75 Å². The predicted octanol–water partition coefficient (Wildman–Crippen LogP) is 4.68. The molecule has 1 amide bonds. The molecule has 5 heteroatoms. The standard InChI is InChI=1S/C24H26N2O3/c1-3-29-22-14-13-21(15-19(22)16-27)25-23(18-7-5-4-6-8-18)24(28)26-20-11-9-17(2)10-12-20/h4-15,23,25,27H,3,16H2,1-2H3,(H,26,28)/t23-/m0/s1. The lowest BCUT2D eigenvalue weighted by Crippen LogP contribution is -2.27. The van der Waals surface area contributed by atoms with Crippen LogP contribution in [0.3, 0.4) is 0 Å². The van der Waals surface area contributed by atoms with Crippen LogP contribution in [-0.2, 0) is 11.4 Å². The molecule has 0 aliphatic carbocycles. The van der Waals surface area contributed by atoms with Gasteiger partial charge in [0.15, 0.2) is 0 Å². The number of ether oxygens (including phenoxy) is 1. The Kier molecular flexibility index (Phi) is 6.87. The molecular formula is C24H26N2O3. The van der Waals surface area contributed by atoms with Crippen molar-refractivity contribution in [2.24, 2.45) is 0 Å². The zero-order valence-electron chi connectivity index (χ0n) is 16.7. The van der Waals surface area contributed by atoms with Gasteiger partial charge in [-0.1, -0.05) is 48.0 Å². The molecule has 0 aliphatic rings. The summed E-state index contributed by atoms with van der Waals surface area (Å²) in [5.41, 5.74) is 4.11. The monoisotopic (exact) mass is 390 g/mol. The van der Waals surface area contributed by atoms with E-state index in [-0.39, 0.29) is 12.5 Å². The van der Waals surface area contributed by atoms with Gasteiger partial charge in [-0.15, -0.1) is 0 Å². The molecule has 0 aromatic heterocycles. The summed E-state index contributed by atoms with van der Waals surface area (Å²) in [5.74, 6) is 0.473. The molecule has 0 radical (unpaired) electrons. The molecule has 3 aromatic carbocycles. The topological polar surface area (TPSA) is 70.6 Å². The van der Waals surface area contributed by atoms with E-state index in [1.807, 2.05) is 74.5 Å². The highest BCUT2D eigenvalue weighted by molar-refractivity contribution is 5.97. The summed E-state index contributed by atoms with van der Waals surface area (Å²) in [6.07, 6.45) is 0. The molecule has 3 aromatic rings. The van der Waals surface area contributed by atoms with Gasteiger partial charge in [0, 0.05) is 16.9 Å². The first-order chi connectivity index (χ1) is 14.1. The number of hydrogen-bond acceptors (Lipinski definition) is 4. The van der Waals surface area contributed by atoms with Crippen molar-refractivity contribution in [2.75, 3.05) is 17.2 Å². The Hall–Kier alpha value is -3.31. The first-order valence-electron chi connectivity index (χ1n) is 9.66. The van der Waals surface area contributed by atoms with Crippen molar-refractivity contribution in [1.82, 2.24) is 0 Å². The van der Waals surface area contributed by atoms with Gasteiger partial charge in [0.1, 0.15) is 11.8 Å². The molecule has 0 saturated heterocycles. The maximum Gasteiger partial charge on any atom is 0.251 e. The average molecular weight is 390 g/mol. The Morgan fingerprint density at radius 3 is 2.34 bits per heavy atom. The molecule has 0 saturated carbocycles.